The molecule has 34 heavy (non-hydrogen) atoms. The number of ether oxygens (including phenoxy) is 2. The molecule has 7 nitrogen and oxygen atoms in total. The molecule has 2 aromatic carbocycles. The average molecular weight is 538 g/mol. The van der Waals surface area contributed by atoms with Crippen LogP contribution in [0.1, 0.15) is 32.8 Å². The number of amides is 2. The quantitative estimate of drug-likeness (QED) is 0.446. The molecule has 0 saturated heterocycles. The number of hydrogen-bond donors (Lipinski definition) is 2. The summed E-state index contributed by atoms with van der Waals surface area (Å²) in [6, 6.07) is 11.4. The SMILES string of the molecule is CN(C)CCOc1cc(Br)c(F)cc1NC(=O)[C@@H](CCc1ccccc1)NC(=O)OC(C)(C)C. The lowest BCUT2D eigenvalue weighted by Crippen LogP contribution is -2.46. The summed E-state index contributed by atoms with van der Waals surface area (Å²) in [5.74, 6) is -0.722. The Morgan fingerprint density at radius 3 is 2.44 bits per heavy atom. The minimum absolute atomic E-state index is 0.181. The summed E-state index contributed by atoms with van der Waals surface area (Å²) in [7, 11) is 3.82. The third-order valence-electron chi connectivity index (χ3n) is 4.65. The number of carbonyl (C=O) groups excluding carboxylic acids is 2. The van der Waals surface area contributed by atoms with Crippen LogP contribution in [0, 0.1) is 5.82 Å². The van der Waals surface area contributed by atoms with Crippen molar-refractivity contribution < 1.29 is 23.5 Å². The Hall–Kier alpha value is -2.65. The van der Waals surface area contributed by atoms with E-state index in [1.165, 1.54) is 12.1 Å². The van der Waals surface area contributed by atoms with E-state index in [4.69, 9.17) is 9.47 Å². The first kappa shape index (κ1) is 27.6. The van der Waals surface area contributed by atoms with Crippen LogP contribution in [0.4, 0.5) is 14.9 Å². The van der Waals surface area contributed by atoms with Gasteiger partial charge < -0.3 is 25.0 Å². The predicted octanol–water partition coefficient (Wildman–Crippen LogP) is 4.99. The van der Waals surface area contributed by atoms with Crippen molar-refractivity contribution in [1.82, 2.24) is 10.2 Å². The molecule has 2 rings (SSSR count). The fraction of sp³-hybridized carbons (Fsp3) is 0.440. The second-order valence-electron chi connectivity index (χ2n) is 9.13. The van der Waals surface area contributed by atoms with Crippen molar-refractivity contribution in [2.45, 2.75) is 45.3 Å². The molecular weight excluding hydrogens is 505 g/mol. The molecule has 0 bridgehead atoms. The van der Waals surface area contributed by atoms with Crippen LogP contribution in [0.2, 0.25) is 0 Å². The zero-order chi connectivity index (χ0) is 25.3. The minimum atomic E-state index is -0.906. The summed E-state index contributed by atoms with van der Waals surface area (Å²) < 4.78 is 25.6. The van der Waals surface area contributed by atoms with Gasteiger partial charge >= 0.3 is 6.09 Å². The van der Waals surface area contributed by atoms with Crippen molar-refractivity contribution in [3.8, 4) is 5.75 Å². The molecule has 0 aliphatic carbocycles. The maximum absolute atomic E-state index is 14.3. The smallest absolute Gasteiger partial charge is 0.408 e. The predicted molar refractivity (Wildman–Crippen MR) is 135 cm³/mol. The number of alkyl carbamates (subject to hydrolysis) is 1. The Morgan fingerprint density at radius 2 is 1.82 bits per heavy atom. The second-order valence-corrected chi connectivity index (χ2v) is 9.98. The van der Waals surface area contributed by atoms with Gasteiger partial charge in [0.05, 0.1) is 10.2 Å². The molecule has 0 saturated carbocycles. The summed E-state index contributed by atoms with van der Waals surface area (Å²) in [6.45, 7) is 6.22. The number of rotatable bonds is 10. The van der Waals surface area contributed by atoms with Gasteiger partial charge in [-0.15, -0.1) is 0 Å². The lowest BCUT2D eigenvalue weighted by molar-refractivity contribution is -0.118. The van der Waals surface area contributed by atoms with Crippen LogP contribution < -0.4 is 15.4 Å². The molecule has 0 spiro atoms. The maximum atomic E-state index is 14.3. The second kappa shape index (κ2) is 12.7. The standard InChI is InChI=1S/C25H33BrFN3O4/c1-25(2,3)34-24(32)29-20(12-11-17-9-7-6-8-10-17)23(31)28-21-16-19(27)18(26)15-22(21)33-14-13-30(4)5/h6-10,15-16,20H,11-14H2,1-5H3,(H,28,31)(H,29,32)/t20-/m1/s1. The van der Waals surface area contributed by atoms with Gasteiger partial charge in [0.1, 0.15) is 29.8 Å². The highest BCUT2D eigenvalue weighted by molar-refractivity contribution is 9.10. The van der Waals surface area contributed by atoms with Crippen LogP contribution in [-0.2, 0) is 16.0 Å². The van der Waals surface area contributed by atoms with Gasteiger partial charge in [-0.25, -0.2) is 9.18 Å². The third kappa shape index (κ3) is 9.69. The molecule has 0 radical (unpaired) electrons. The molecule has 0 aliphatic heterocycles. The molecule has 0 aromatic heterocycles. The molecule has 1 atom stereocenters. The van der Waals surface area contributed by atoms with E-state index in [1.54, 1.807) is 20.8 Å². The largest absolute Gasteiger partial charge is 0.490 e. The highest BCUT2D eigenvalue weighted by Gasteiger charge is 2.25. The van der Waals surface area contributed by atoms with E-state index in [2.05, 4.69) is 26.6 Å². The lowest BCUT2D eigenvalue weighted by atomic mass is 10.0. The van der Waals surface area contributed by atoms with Gasteiger partial charge in [-0.3, -0.25) is 4.79 Å². The molecule has 0 fully saturated rings. The Labute approximate surface area is 209 Å². The van der Waals surface area contributed by atoms with Crippen molar-refractivity contribution >= 4 is 33.6 Å². The van der Waals surface area contributed by atoms with Gasteiger partial charge in [0.2, 0.25) is 5.91 Å². The van der Waals surface area contributed by atoms with E-state index in [-0.39, 0.29) is 10.2 Å². The highest BCUT2D eigenvalue weighted by atomic mass is 79.9. The average Bonchev–Trinajstić information content (AvgIpc) is 2.73. The van der Waals surface area contributed by atoms with Crippen LogP contribution in [-0.4, -0.2) is 55.8 Å². The molecule has 186 valence electrons. The van der Waals surface area contributed by atoms with Crippen molar-refractivity contribution in [3.63, 3.8) is 0 Å². The van der Waals surface area contributed by atoms with Crippen molar-refractivity contribution in [2.24, 2.45) is 0 Å². The Kier molecular flexibility index (Phi) is 10.3. The normalized spacial score (nSPS) is 12.2. The molecule has 9 heteroatoms. The number of carbonyl (C=O) groups is 2. The van der Waals surface area contributed by atoms with Crippen molar-refractivity contribution in [2.75, 3.05) is 32.6 Å². The summed E-state index contributed by atoms with van der Waals surface area (Å²) in [5.41, 5.74) is 0.487. The molecule has 2 amide bonds. The van der Waals surface area contributed by atoms with Gasteiger partial charge in [0, 0.05) is 12.6 Å². The first-order valence-electron chi connectivity index (χ1n) is 11.1. The number of benzene rings is 2. The first-order chi connectivity index (χ1) is 15.9. The third-order valence-corrected chi connectivity index (χ3v) is 5.26. The van der Waals surface area contributed by atoms with Gasteiger partial charge in [-0.05, 0) is 75.3 Å². The van der Waals surface area contributed by atoms with Gasteiger partial charge in [-0.1, -0.05) is 30.3 Å². The molecule has 0 heterocycles. The number of hydrogen-bond acceptors (Lipinski definition) is 5. The Bertz CT molecular complexity index is 965. The van der Waals surface area contributed by atoms with Crippen molar-refractivity contribution in [3.05, 3.63) is 58.3 Å². The number of halogens is 2. The number of nitrogens with one attached hydrogen (secondary N) is 2. The number of likely N-dealkylation sites (N-methyl/N-ethyl adjacent to an activating group) is 1. The Balaban J connectivity index is 2.20. The van der Waals surface area contributed by atoms with E-state index in [9.17, 15) is 14.0 Å². The maximum Gasteiger partial charge on any atom is 0.408 e. The van der Waals surface area contributed by atoms with Crippen LogP contribution in [0.3, 0.4) is 0 Å². The minimum Gasteiger partial charge on any atom is -0.490 e. The summed E-state index contributed by atoms with van der Waals surface area (Å²) >= 11 is 3.16. The highest BCUT2D eigenvalue weighted by Crippen LogP contribution is 2.31. The van der Waals surface area contributed by atoms with E-state index >= 15 is 0 Å². The van der Waals surface area contributed by atoms with Crippen LogP contribution in [0.15, 0.2) is 46.9 Å². The van der Waals surface area contributed by atoms with E-state index < -0.39 is 29.5 Å². The zero-order valence-corrected chi connectivity index (χ0v) is 21.9. The van der Waals surface area contributed by atoms with E-state index in [0.29, 0.717) is 31.7 Å². The fourth-order valence-electron chi connectivity index (χ4n) is 2.98. The fourth-order valence-corrected chi connectivity index (χ4v) is 3.30. The Morgan fingerprint density at radius 1 is 1.15 bits per heavy atom. The van der Waals surface area contributed by atoms with E-state index in [1.807, 2.05) is 49.3 Å². The van der Waals surface area contributed by atoms with Crippen LogP contribution in [0.5, 0.6) is 5.75 Å². The lowest BCUT2D eigenvalue weighted by Gasteiger charge is -2.24. The topological polar surface area (TPSA) is 79.9 Å². The zero-order valence-electron chi connectivity index (χ0n) is 20.3. The first-order valence-corrected chi connectivity index (χ1v) is 11.8. The van der Waals surface area contributed by atoms with E-state index in [0.717, 1.165) is 5.56 Å². The number of anilines is 1. The summed E-state index contributed by atoms with van der Waals surface area (Å²) in [5, 5.41) is 5.36. The van der Waals surface area contributed by atoms with Gasteiger partial charge in [0.15, 0.2) is 0 Å². The van der Waals surface area contributed by atoms with Gasteiger partial charge in [0.25, 0.3) is 0 Å². The van der Waals surface area contributed by atoms with Crippen LogP contribution >= 0.6 is 15.9 Å². The summed E-state index contributed by atoms with van der Waals surface area (Å²) in [6.07, 6.45) is 0.172. The van der Waals surface area contributed by atoms with Gasteiger partial charge in [-0.2, -0.15) is 0 Å². The molecule has 0 aliphatic rings. The molecule has 2 N–H and O–H groups in total. The molecule has 0 unspecified atom stereocenters. The van der Waals surface area contributed by atoms with Crippen LogP contribution in [0.25, 0.3) is 0 Å². The van der Waals surface area contributed by atoms with Crippen molar-refractivity contribution in [1.29, 1.82) is 0 Å². The molecule has 2 aromatic rings. The molecular formula is C25H33BrFN3O4. The number of aryl methyl sites for hydroxylation is 1. The number of nitrogens with zero attached hydrogens (tertiary/aromatic N) is 1. The summed E-state index contributed by atoms with van der Waals surface area (Å²) in [4.78, 5) is 27.5. The monoisotopic (exact) mass is 537 g/mol.